The van der Waals surface area contributed by atoms with Crippen molar-refractivity contribution >= 4 is 23.2 Å². The topological polar surface area (TPSA) is 58.6 Å². The summed E-state index contributed by atoms with van der Waals surface area (Å²) in [7, 11) is 0. The van der Waals surface area contributed by atoms with Crippen LogP contribution in [0.3, 0.4) is 0 Å². The molecule has 2 amide bonds. The van der Waals surface area contributed by atoms with Crippen molar-refractivity contribution in [3.8, 4) is 5.75 Å². The number of para-hydroxylation sites is 3. The number of aryl methyl sites for hydroxylation is 2. The third-order valence-corrected chi connectivity index (χ3v) is 4.35. The summed E-state index contributed by atoms with van der Waals surface area (Å²) in [5.41, 5.74) is 3.51. The average Bonchev–Trinajstić information content (AvgIpc) is 2.86. The van der Waals surface area contributed by atoms with Gasteiger partial charge in [0, 0.05) is 5.69 Å². The van der Waals surface area contributed by atoms with Gasteiger partial charge < -0.3 is 10.1 Å². The number of carbonyl (C=O) groups is 2. The zero-order valence-electron chi connectivity index (χ0n) is 14.7. The number of benzene rings is 2. The summed E-state index contributed by atoms with van der Waals surface area (Å²) in [4.78, 5) is 26.6. The molecular weight excluding hydrogens is 316 g/mol. The second-order valence-corrected chi connectivity index (χ2v) is 6.14. The summed E-state index contributed by atoms with van der Waals surface area (Å²) in [6.07, 6.45) is 0.132. The Kier molecular flexibility index (Phi) is 4.74. The smallest absolute Gasteiger partial charge is 0.256 e. The van der Waals surface area contributed by atoms with Gasteiger partial charge in [-0.15, -0.1) is 0 Å². The highest BCUT2D eigenvalue weighted by Gasteiger charge is 2.41. The summed E-state index contributed by atoms with van der Waals surface area (Å²) < 4.78 is 5.57. The molecule has 1 atom stereocenters. The molecule has 0 radical (unpaired) electrons. The van der Waals surface area contributed by atoms with Crippen LogP contribution in [0.4, 0.5) is 11.4 Å². The molecular formula is C20H22N2O3. The SMILES string of the molecule is CCOc1ccccc1N1C(=O)CC(Nc2c(C)cccc2C)C1=O. The van der Waals surface area contributed by atoms with Crippen LogP contribution in [-0.2, 0) is 9.59 Å². The van der Waals surface area contributed by atoms with Crippen LogP contribution in [-0.4, -0.2) is 24.5 Å². The number of nitrogens with one attached hydrogen (secondary N) is 1. The first-order valence-electron chi connectivity index (χ1n) is 8.44. The molecule has 0 spiro atoms. The second kappa shape index (κ2) is 6.97. The molecule has 5 heteroatoms. The summed E-state index contributed by atoms with van der Waals surface area (Å²) in [5, 5.41) is 3.26. The Morgan fingerprint density at radius 2 is 1.76 bits per heavy atom. The number of hydrogen-bond donors (Lipinski definition) is 1. The number of ether oxygens (including phenoxy) is 1. The van der Waals surface area contributed by atoms with Gasteiger partial charge in [-0.05, 0) is 44.0 Å². The molecule has 2 aromatic rings. The standard InChI is InChI=1S/C20H22N2O3/c1-4-25-17-11-6-5-10-16(17)22-18(23)12-15(20(22)24)21-19-13(2)8-7-9-14(19)3/h5-11,15,21H,4,12H2,1-3H3. The molecule has 1 saturated heterocycles. The van der Waals surface area contributed by atoms with Gasteiger partial charge in [-0.3, -0.25) is 9.59 Å². The largest absolute Gasteiger partial charge is 0.492 e. The summed E-state index contributed by atoms with van der Waals surface area (Å²) >= 11 is 0. The van der Waals surface area contributed by atoms with Crippen LogP contribution < -0.4 is 15.0 Å². The predicted octanol–water partition coefficient (Wildman–Crippen LogP) is 3.45. The Hall–Kier alpha value is -2.82. The van der Waals surface area contributed by atoms with E-state index < -0.39 is 6.04 Å². The molecule has 130 valence electrons. The lowest BCUT2D eigenvalue weighted by Crippen LogP contribution is -2.35. The maximum atomic E-state index is 12.9. The number of amides is 2. The van der Waals surface area contributed by atoms with Gasteiger partial charge >= 0.3 is 0 Å². The van der Waals surface area contributed by atoms with Gasteiger partial charge in [0.05, 0.1) is 18.7 Å². The molecule has 0 aromatic heterocycles. The number of carbonyl (C=O) groups excluding carboxylic acids is 2. The van der Waals surface area contributed by atoms with E-state index in [1.54, 1.807) is 18.2 Å². The van der Waals surface area contributed by atoms with E-state index in [4.69, 9.17) is 4.74 Å². The Morgan fingerprint density at radius 3 is 2.44 bits per heavy atom. The van der Waals surface area contributed by atoms with Gasteiger partial charge in [0.1, 0.15) is 11.8 Å². The van der Waals surface area contributed by atoms with Crippen molar-refractivity contribution in [2.75, 3.05) is 16.8 Å². The van der Waals surface area contributed by atoms with Gasteiger partial charge in [0.2, 0.25) is 5.91 Å². The van der Waals surface area contributed by atoms with Gasteiger partial charge in [0.15, 0.2) is 0 Å². The van der Waals surface area contributed by atoms with Gasteiger partial charge in [-0.25, -0.2) is 4.90 Å². The zero-order chi connectivity index (χ0) is 18.0. The lowest BCUT2D eigenvalue weighted by atomic mass is 10.1. The van der Waals surface area contributed by atoms with Gasteiger partial charge in [-0.1, -0.05) is 30.3 Å². The molecule has 1 unspecified atom stereocenters. The lowest BCUT2D eigenvalue weighted by Gasteiger charge is -2.20. The van der Waals surface area contributed by atoms with Crippen LogP contribution >= 0.6 is 0 Å². The Labute approximate surface area is 147 Å². The lowest BCUT2D eigenvalue weighted by molar-refractivity contribution is -0.121. The van der Waals surface area contributed by atoms with E-state index in [-0.39, 0.29) is 18.2 Å². The molecule has 2 aromatic carbocycles. The minimum absolute atomic E-state index is 0.132. The maximum Gasteiger partial charge on any atom is 0.256 e. The van der Waals surface area contributed by atoms with Crippen LogP contribution in [0, 0.1) is 13.8 Å². The van der Waals surface area contributed by atoms with Gasteiger partial charge in [0.25, 0.3) is 5.91 Å². The minimum atomic E-state index is -0.568. The molecule has 1 fully saturated rings. The molecule has 0 aliphatic carbocycles. The first-order chi connectivity index (χ1) is 12.0. The monoisotopic (exact) mass is 338 g/mol. The van der Waals surface area contributed by atoms with Crippen LogP contribution in [0.25, 0.3) is 0 Å². The third kappa shape index (κ3) is 3.22. The van der Waals surface area contributed by atoms with Crippen molar-refractivity contribution in [1.29, 1.82) is 0 Å². The third-order valence-electron chi connectivity index (χ3n) is 4.35. The normalized spacial score (nSPS) is 17.1. The van der Waals surface area contributed by atoms with Crippen molar-refractivity contribution in [2.45, 2.75) is 33.2 Å². The minimum Gasteiger partial charge on any atom is -0.492 e. The highest BCUT2D eigenvalue weighted by molar-refractivity contribution is 6.23. The van der Waals surface area contributed by atoms with Gasteiger partial charge in [-0.2, -0.15) is 0 Å². The maximum absolute atomic E-state index is 12.9. The van der Waals surface area contributed by atoms with Crippen molar-refractivity contribution in [3.63, 3.8) is 0 Å². The highest BCUT2D eigenvalue weighted by atomic mass is 16.5. The number of imide groups is 1. The summed E-state index contributed by atoms with van der Waals surface area (Å²) in [5.74, 6) is 0.0696. The number of rotatable bonds is 5. The van der Waals surface area contributed by atoms with Crippen molar-refractivity contribution in [2.24, 2.45) is 0 Å². The van der Waals surface area contributed by atoms with E-state index in [0.29, 0.717) is 18.0 Å². The Balaban J connectivity index is 1.89. The molecule has 1 N–H and O–H groups in total. The fraction of sp³-hybridized carbons (Fsp3) is 0.300. The van der Waals surface area contributed by atoms with E-state index in [9.17, 15) is 9.59 Å². The first kappa shape index (κ1) is 17.0. The summed E-state index contributed by atoms with van der Waals surface area (Å²) in [6.45, 7) is 6.31. The molecule has 1 heterocycles. The molecule has 1 aliphatic rings. The molecule has 25 heavy (non-hydrogen) atoms. The fourth-order valence-corrected chi connectivity index (χ4v) is 3.13. The first-order valence-corrected chi connectivity index (χ1v) is 8.44. The van der Waals surface area contributed by atoms with Crippen molar-refractivity contribution < 1.29 is 14.3 Å². The van der Waals surface area contributed by atoms with E-state index in [1.165, 1.54) is 4.90 Å². The molecule has 5 nitrogen and oxygen atoms in total. The van der Waals surface area contributed by atoms with E-state index in [0.717, 1.165) is 16.8 Å². The molecule has 0 bridgehead atoms. The summed E-state index contributed by atoms with van der Waals surface area (Å²) in [6, 6.07) is 12.5. The van der Waals surface area contributed by atoms with Crippen molar-refractivity contribution in [3.05, 3.63) is 53.6 Å². The van der Waals surface area contributed by atoms with E-state index in [2.05, 4.69) is 5.32 Å². The number of nitrogens with zero attached hydrogens (tertiary/aromatic N) is 1. The van der Waals surface area contributed by atoms with Crippen LogP contribution in [0.5, 0.6) is 5.75 Å². The van der Waals surface area contributed by atoms with E-state index in [1.807, 2.05) is 45.0 Å². The zero-order valence-corrected chi connectivity index (χ0v) is 14.7. The van der Waals surface area contributed by atoms with Crippen LogP contribution in [0.1, 0.15) is 24.5 Å². The van der Waals surface area contributed by atoms with Crippen molar-refractivity contribution in [1.82, 2.24) is 0 Å². The highest BCUT2D eigenvalue weighted by Crippen LogP contribution is 2.33. The quantitative estimate of drug-likeness (QED) is 0.849. The molecule has 1 aliphatic heterocycles. The van der Waals surface area contributed by atoms with Crippen LogP contribution in [0.2, 0.25) is 0 Å². The predicted molar refractivity (Wildman–Crippen MR) is 98.0 cm³/mol. The van der Waals surface area contributed by atoms with E-state index >= 15 is 0 Å². The molecule has 0 saturated carbocycles. The second-order valence-electron chi connectivity index (χ2n) is 6.14. The number of hydrogen-bond acceptors (Lipinski definition) is 4. The fourth-order valence-electron chi connectivity index (χ4n) is 3.13. The molecule has 3 rings (SSSR count). The number of anilines is 2. The average molecular weight is 338 g/mol. The van der Waals surface area contributed by atoms with Crippen LogP contribution in [0.15, 0.2) is 42.5 Å². The Morgan fingerprint density at radius 1 is 1.08 bits per heavy atom. The Bertz CT molecular complexity index is 796.